The number of nitrogens with zero attached hydrogens (tertiary/aromatic N) is 2. The molecular formula is C14H18N4O2. The smallest absolute Gasteiger partial charge is 0.221 e. The van der Waals surface area contributed by atoms with E-state index in [-0.39, 0.29) is 11.8 Å². The lowest BCUT2D eigenvalue weighted by Gasteiger charge is -2.03. The average molecular weight is 274 g/mol. The lowest BCUT2D eigenvalue weighted by Crippen LogP contribution is -2.23. The van der Waals surface area contributed by atoms with Crippen LogP contribution in [0.3, 0.4) is 0 Å². The van der Waals surface area contributed by atoms with Crippen molar-refractivity contribution in [1.29, 1.82) is 0 Å². The second kappa shape index (κ2) is 5.73. The molecule has 6 heteroatoms. The number of amides is 2. The first kappa shape index (κ1) is 14.0. The molecule has 20 heavy (non-hydrogen) atoms. The van der Waals surface area contributed by atoms with E-state index in [0.717, 1.165) is 22.5 Å². The van der Waals surface area contributed by atoms with Crippen molar-refractivity contribution >= 4 is 28.5 Å². The summed E-state index contributed by atoms with van der Waals surface area (Å²) in [7, 11) is 1.94. The fraction of sp³-hybridized carbons (Fsp3) is 0.357. The molecule has 0 aliphatic heterocycles. The largest absolute Gasteiger partial charge is 0.356 e. The van der Waals surface area contributed by atoms with Gasteiger partial charge in [-0.05, 0) is 18.2 Å². The van der Waals surface area contributed by atoms with Crippen LogP contribution in [-0.2, 0) is 23.1 Å². The lowest BCUT2D eigenvalue weighted by atomic mass is 10.2. The van der Waals surface area contributed by atoms with Gasteiger partial charge in [-0.25, -0.2) is 4.98 Å². The van der Waals surface area contributed by atoms with Crippen LogP contribution in [-0.4, -0.2) is 27.9 Å². The number of carbonyl (C=O) groups is 2. The molecule has 2 rings (SSSR count). The number of hydrogen-bond acceptors (Lipinski definition) is 3. The van der Waals surface area contributed by atoms with E-state index in [1.165, 1.54) is 13.8 Å². The highest BCUT2D eigenvalue weighted by molar-refractivity contribution is 5.91. The number of aryl methyl sites for hydroxylation is 1. The van der Waals surface area contributed by atoms with Crippen LogP contribution in [0, 0.1) is 0 Å². The predicted molar refractivity (Wildman–Crippen MR) is 77.4 cm³/mol. The molecule has 0 aliphatic carbocycles. The van der Waals surface area contributed by atoms with Gasteiger partial charge in [0.1, 0.15) is 5.82 Å². The van der Waals surface area contributed by atoms with E-state index >= 15 is 0 Å². The van der Waals surface area contributed by atoms with Gasteiger partial charge in [-0.3, -0.25) is 9.59 Å². The third-order valence-corrected chi connectivity index (χ3v) is 3.02. The van der Waals surface area contributed by atoms with Crippen molar-refractivity contribution in [2.45, 2.75) is 20.3 Å². The summed E-state index contributed by atoms with van der Waals surface area (Å²) in [5.74, 6) is 0.747. The van der Waals surface area contributed by atoms with E-state index in [1.54, 1.807) is 0 Å². The Hall–Kier alpha value is -2.37. The molecule has 0 aliphatic rings. The highest BCUT2D eigenvalue weighted by Crippen LogP contribution is 2.19. The van der Waals surface area contributed by atoms with Gasteiger partial charge in [-0.15, -0.1) is 0 Å². The molecule has 0 unspecified atom stereocenters. The molecule has 2 amide bonds. The number of anilines is 1. The number of fused-ring (bicyclic) bond motifs is 1. The van der Waals surface area contributed by atoms with Crippen LogP contribution >= 0.6 is 0 Å². The van der Waals surface area contributed by atoms with Gasteiger partial charge >= 0.3 is 0 Å². The van der Waals surface area contributed by atoms with Gasteiger partial charge in [0.2, 0.25) is 11.8 Å². The van der Waals surface area contributed by atoms with Gasteiger partial charge in [0.15, 0.2) is 0 Å². The molecule has 1 heterocycles. The van der Waals surface area contributed by atoms with Crippen molar-refractivity contribution in [3.8, 4) is 0 Å². The van der Waals surface area contributed by atoms with E-state index in [2.05, 4.69) is 15.6 Å². The Morgan fingerprint density at radius 2 is 2.00 bits per heavy atom. The monoisotopic (exact) mass is 274 g/mol. The second-order valence-electron chi connectivity index (χ2n) is 4.70. The SMILES string of the molecule is CC(=O)NCCc1nc2cc(NC(C)=O)ccc2n1C. The summed E-state index contributed by atoms with van der Waals surface area (Å²) in [6.07, 6.45) is 0.667. The highest BCUT2D eigenvalue weighted by Gasteiger charge is 2.08. The number of hydrogen-bond donors (Lipinski definition) is 2. The Morgan fingerprint density at radius 1 is 1.25 bits per heavy atom. The molecule has 6 nitrogen and oxygen atoms in total. The molecule has 0 spiro atoms. The number of carbonyl (C=O) groups excluding carboxylic acids is 2. The molecule has 0 saturated carbocycles. The van der Waals surface area contributed by atoms with Gasteiger partial charge in [-0.2, -0.15) is 0 Å². The van der Waals surface area contributed by atoms with Gasteiger partial charge < -0.3 is 15.2 Å². The summed E-state index contributed by atoms with van der Waals surface area (Å²) in [4.78, 5) is 26.4. The van der Waals surface area contributed by atoms with Crippen molar-refractivity contribution in [1.82, 2.24) is 14.9 Å². The number of aromatic nitrogens is 2. The minimum absolute atomic E-state index is 0.0447. The molecule has 1 aromatic heterocycles. The minimum atomic E-state index is -0.105. The van der Waals surface area contributed by atoms with Gasteiger partial charge in [0.25, 0.3) is 0 Å². The molecule has 2 N–H and O–H groups in total. The van der Waals surface area contributed by atoms with Crippen LogP contribution in [0.5, 0.6) is 0 Å². The van der Waals surface area contributed by atoms with Crippen LogP contribution in [0.1, 0.15) is 19.7 Å². The number of imidazole rings is 1. The summed E-state index contributed by atoms with van der Waals surface area (Å²) < 4.78 is 1.99. The van der Waals surface area contributed by atoms with Crippen molar-refractivity contribution in [3.63, 3.8) is 0 Å². The Balaban J connectivity index is 2.22. The molecule has 106 valence electrons. The standard InChI is InChI=1S/C14H18N4O2/c1-9(19)15-7-6-14-17-12-8-11(16-10(2)20)4-5-13(12)18(14)3/h4-5,8H,6-7H2,1-3H3,(H,15,19)(H,16,20). The van der Waals surface area contributed by atoms with Crippen LogP contribution in [0.4, 0.5) is 5.69 Å². The Morgan fingerprint density at radius 3 is 2.65 bits per heavy atom. The molecule has 0 radical (unpaired) electrons. The number of nitrogens with one attached hydrogen (secondary N) is 2. The lowest BCUT2D eigenvalue weighted by molar-refractivity contribution is -0.119. The molecule has 1 aromatic carbocycles. The fourth-order valence-electron chi connectivity index (χ4n) is 2.10. The molecule has 0 fully saturated rings. The molecule has 0 saturated heterocycles. The summed E-state index contributed by atoms with van der Waals surface area (Å²) in [5, 5.41) is 5.49. The summed E-state index contributed by atoms with van der Waals surface area (Å²) in [6, 6.07) is 5.62. The zero-order valence-corrected chi connectivity index (χ0v) is 11.9. The van der Waals surface area contributed by atoms with Crippen molar-refractivity contribution in [2.75, 3.05) is 11.9 Å². The van der Waals surface area contributed by atoms with E-state index < -0.39 is 0 Å². The summed E-state index contributed by atoms with van der Waals surface area (Å²) >= 11 is 0. The Bertz CT molecular complexity index is 660. The quantitative estimate of drug-likeness (QED) is 0.880. The summed E-state index contributed by atoms with van der Waals surface area (Å²) in [5.41, 5.74) is 2.56. The second-order valence-corrected chi connectivity index (χ2v) is 4.70. The number of rotatable bonds is 4. The Labute approximate surface area is 117 Å². The molecular weight excluding hydrogens is 256 g/mol. The van der Waals surface area contributed by atoms with E-state index in [4.69, 9.17) is 0 Å². The van der Waals surface area contributed by atoms with Crippen LogP contribution in [0.2, 0.25) is 0 Å². The van der Waals surface area contributed by atoms with E-state index in [0.29, 0.717) is 13.0 Å². The maximum atomic E-state index is 11.0. The van der Waals surface area contributed by atoms with Crippen LogP contribution in [0.15, 0.2) is 18.2 Å². The maximum absolute atomic E-state index is 11.0. The first-order valence-electron chi connectivity index (χ1n) is 6.45. The van der Waals surface area contributed by atoms with Crippen molar-refractivity contribution in [2.24, 2.45) is 7.05 Å². The van der Waals surface area contributed by atoms with E-state index in [1.807, 2.05) is 29.8 Å². The van der Waals surface area contributed by atoms with E-state index in [9.17, 15) is 9.59 Å². The normalized spacial score (nSPS) is 10.6. The third-order valence-electron chi connectivity index (χ3n) is 3.02. The number of benzene rings is 1. The maximum Gasteiger partial charge on any atom is 0.221 e. The zero-order chi connectivity index (χ0) is 14.7. The molecule has 2 aromatic rings. The first-order valence-corrected chi connectivity index (χ1v) is 6.45. The summed E-state index contributed by atoms with van der Waals surface area (Å²) in [6.45, 7) is 3.53. The van der Waals surface area contributed by atoms with Crippen LogP contribution in [0.25, 0.3) is 11.0 Å². The average Bonchev–Trinajstić information content (AvgIpc) is 2.65. The topological polar surface area (TPSA) is 76.0 Å². The predicted octanol–water partition coefficient (Wildman–Crippen LogP) is 1.21. The third kappa shape index (κ3) is 3.14. The van der Waals surface area contributed by atoms with Crippen molar-refractivity contribution < 1.29 is 9.59 Å². The van der Waals surface area contributed by atoms with Gasteiger partial charge in [0, 0.05) is 39.5 Å². The Kier molecular flexibility index (Phi) is 4.02. The zero-order valence-electron chi connectivity index (χ0n) is 11.9. The first-order chi connectivity index (χ1) is 9.47. The molecule has 0 bridgehead atoms. The van der Waals surface area contributed by atoms with Gasteiger partial charge in [0.05, 0.1) is 11.0 Å². The van der Waals surface area contributed by atoms with Gasteiger partial charge in [-0.1, -0.05) is 0 Å². The fourth-order valence-corrected chi connectivity index (χ4v) is 2.10. The highest BCUT2D eigenvalue weighted by atomic mass is 16.2. The minimum Gasteiger partial charge on any atom is -0.356 e. The van der Waals surface area contributed by atoms with Crippen molar-refractivity contribution in [3.05, 3.63) is 24.0 Å². The van der Waals surface area contributed by atoms with Crippen LogP contribution < -0.4 is 10.6 Å². The molecule has 0 atom stereocenters.